The smallest absolute Gasteiger partial charge is 0.0148 e. The Morgan fingerprint density at radius 3 is 2.11 bits per heavy atom. The van der Waals surface area contributed by atoms with Crippen LogP contribution in [0, 0.1) is 0 Å². The Kier molecular flexibility index (Phi) is 3.42. The summed E-state index contributed by atoms with van der Waals surface area (Å²) < 4.78 is 0. The summed E-state index contributed by atoms with van der Waals surface area (Å²) in [6, 6.07) is 20.1. The van der Waals surface area contributed by atoms with Crippen LogP contribution in [0.3, 0.4) is 0 Å². The van der Waals surface area contributed by atoms with Gasteiger partial charge in [0.1, 0.15) is 0 Å². The fraction of sp³-hybridized carbons (Fsp3) is 0.294. The van der Waals surface area contributed by atoms with Gasteiger partial charge >= 0.3 is 0 Å². The first kappa shape index (κ1) is 11.5. The van der Waals surface area contributed by atoms with E-state index < -0.39 is 0 Å². The third kappa shape index (κ3) is 2.62. The molecule has 0 bridgehead atoms. The summed E-state index contributed by atoms with van der Waals surface area (Å²) in [6.45, 7) is 1.07. The zero-order chi connectivity index (χ0) is 12.2. The van der Waals surface area contributed by atoms with Crippen molar-refractivity contribution in [1.82, 2.24) is 5.32 Å². The number of benzene rings is 2. The lowest BCUT2D eigenvalue weighted by molar-refractivity contribution is 0.536. The number of nitrogens with one attached hydrogen (secondary N) is 1. The Hall–Kier alpha value is -1.60. The molecule has 0 spiro atoms. The van der Waals surface area contributed by atoms with Crippen molar-refractivity contribution < 1.29 is 0 Å². The van der Waals surface area contributed by atoms with E-state index in [1.165, 1.54) is 29.5 Å². The molecule has 1 aliphatic carbocycles. The van der Waals surface area contributed by atoms with Crippen LogP contribution in [0.2, 0.25) is 0 Å². The third-order valence-corrected chi connectivity index (χ3v) is 3.74. The molecule has 1 heteroatoms. The summed E-state index contributed by atoms with van der Waals surface area (Å²) in [7, 11) is 0. The van der Waals surface area contributed by atoms with Crippen LogP contribution in [-0.2, 0) is 19.3 Å². The molecule has 0 radical (unpaired) electrons. The van der Waals surface area contributed by atoms with Gasteiger partial charge in [0.15, 0.2) is 0 Å². The molecule has 18 heavy (non-hydrogen) atoms. The van der Waals surface area contributed by atoms with E-state index in [1.54, 1.807) is 0 Å². The topological polar surface area (TPSA) is 12.0 Å². The van der Waals surface area contributed by atoms with Crippen molar-refractivity contribution in [2.75, 3.05) is 6.54 Å². The predicted octanol–water partition coefficient (Wildman–Crippen LogP) is 2.99. The lowest BCUT2D eigenvalue weighted by Gasteiger charge is -2.11. The summed E-state index contributed by atoms with van der Waals surface area (Å²) in [4.78, 5) is 0. The molecule has 92 valence electrons. The van der Waals surface area contributed by atoms with Gasteiger partial charge in [-0.3, -0.25) is 0 Å². The van der Waals surface area contributed by atoms with Crippen LogP contribution < -0.4 is 5.32 Å². The maximum absolute atomic E-state index is 3.68. The molecular weight excluding hydrogens is 218 g/mol. The van der Waals surface area contributed by atoms with Gasteiger partial charge in [0.25, 0.3) is 0 Å². The molecule has 0 saturated heterocycles. The van der Waals surface area contributed by atoms with E-state index in [2.05, 4.69) is 59.9 Å². The fourth-order valence-electron chi connectivity index (χ4n) is 2.77. The summed E-state index contributed by atoms with van der Waals surface area (Å²) in [5.41, 5.74) is 4.46. The standard InChI is InChI=1S/C17H19N/c1-2-6-14(7-3-1)10-11-18-17-12-15-8-4-5-9-16(15)13-17/h1-9,17-18H,10-13H2. The van der Waals surface area contributed by atoms with E-state index in [4.69, 9.17) is 0 Å². The molecule has 1 aliphatic rings. The van der Waals surface area contributed by atoms with Gasteiger partial charge in [-0.25, -0.2) is 0 Å². The third-order valence-electron chi connectivity index (χ3n) is 3.74. The normalized spacial score (nSPS) is 14.7. The van der Waals surface area contributed by atoms with Crippen molar-refractivity contribution in [2.45, 2.75) is 25.3 Å². The van der Waals surface area contributed by atoms with Crippen molar-refractivity contribution >= 4 is 0 Å². The van der Waals surface area contributed by atoms with Crippen LogP contribution in [0.15, 0.2) is 54.6 Å². The SMILES string of the molecule is c1ccc(CCNC2Cc3ccccc3C2)cc1. The molecule has 0 heterocycles. The van der Waals surface area contributed by atoms with Crippen molar-refractivity contribution in [1.29, 1.82) is 0 Å². The van der Waals surface area contributed by atoms with Gasteiger partial charge < -0.3 is 5.32 Å². The van der Waals surface area contributed by atoms with Crippen LogP contribution in [0.25, 0.3) is 0 Å². The monoisotopic (exact) mass is 237 g/mol. The van der Waals surface area contributed by atoms with Crippen molar-refractivity contribution in [3.05, 3.63) is 71.3 Å². The first-order valence-electron chi connectivity index (χ1n) is 6.76. The number of hydrogen-bond donors (Lipinski definition) is 1. The van der Waals surface area contributed by atoms with Crippen molar-refractivity contribution in [3.8, 4) is 0 Å². The Balaban J connectivity index is 1.49. The molecule has 1 N–H and O–H groups in total. The summed E-state index contributed by atoms with van der Waals surface area (Å²) in [5, 5.41) is 3.68. The lowest BCUT2D eigenvalue weighted by atomic mass is 10.1. The summed E-state index contributed by atoms with van der Waals surface area (Å²) >= 11 is 0. The van der Waals surface area contributed by atoms with Crippen molar-refractivity contribution in [2.24, 2.45) is 0 Å². The van der Waals surface area contributed by atoms with Gasteiger partial charge in [0, 0.05) is 6.04 Å². The van der Waals surface area contributed by atoms with Crippen LogP contribution in [-0.4, -0.2) is 12.6 Å². The van der Waals surface area contributed by atoms with E-state index in [9.17, 15) is 0 Å². The average Bonchev–Trinajstić information content (AvgIpc) is 2.82. The molecule has 2 aromatic carbocycles. The minimum atomic E-state index is 0.631. The van der Waals surface area contributed by atoms with Crippen LogP contribution >= 0.6 is 0 Å². The number of rotatable bonds is 4. The molecule has 0 aliphatic heterocycles. The highest BCUT2D eigenvalue weighted by Crippen LogP contribution is 2.21. The zero-order valence-corrected chi connectivity index (χ0v) is 10.6. The molecule has 0 atom stereocenters. The number of hydrogen-bond acceptors (Lipinski definition) is 1. The molecule has 0 aromatic heterocycles. The molecule has 1 nitrogen and oxygen atoms in total. The predicted molar refractivity (Wildman–Crippen MR) is 75.8 cm³/mol. The van der Waals surface area contributed by atoms with Gasteiger partial charge in [-0.2, -0.15) is 0 Å². The highest BCUT2D eigenvalue weighted by Gasteiger charge is 2.19. The largest absolute Gasteiger partial charge is 0.313 e. The molecule has 3 rings (SSSR count). The Morgan fingerprint density at radius 2 is 1.44 bits per heavy atom. The maximum atomic E-state index is 3.68. The molecule has 0 amide bonds. The fourth-order valence-corrected chi connectivity index (χ4v) is 2.77. The summed E-state index contributed by atoms with van der Waals surface area (Å²) in [6.07, 6.45) is 3.49. The second-order valence-electron chi connectivity index (χ2n) is 5.06. The summed E-state index contributed by atoms with van der Waals surface area (Å²) in [5.74, 6) is 0. The lowest BCUT2D eigenvalue weighted by Crippen LogP contribution is -2.31. The van der Waals surface area contributed by atoms with Crippen LogP contribution in [0.4, 0.5) is 0 Å². The van der Waals surface area contributed by atoms with Gasteiger partial charge in [-0.15, -0.1) is 0 Å². The maximum Gasteiger partial charge on any atom is 0.0148 e. The van der Waals surface area contributed by atoms with Crippen molar-refractivity contribution in [3.63, 3.8) is 0 Å². The molecular formula is C17H19N. The Labute approximate surface area is 109 Å². The number of fused-ring (bicyclic) bond motifs is 1. The quantitative estimate of drug-likeness (QED) is 0.862. The highest BCUT2D eigenvalue weighted by atomic mass is 14.9. The molecule has 0 unspecified atom stereocenters. The minimum Gasteiger partial charge on any atom is -0.313 e. The van der Waals surface area contributed by atoms with Gasteiger partial charge in [-0.05, 0) is 42.5 Å². The minimum absolute atomic E-state index is 0.631. The molecule has 2 aromatic rings. The van der Waals surface area contributed by atoms with E-state index in [-0.39, 0.29) is 0 Å². The van der Waals surface area contributed by atoms with Gasteiger partial charge in [0.2, 0.25) is 0 Å². The molecule has 0 saturated carbocycles. The van der Waals surface area contributed by atoms with E-state index in [0.717, 1.165) is 13.0 Å². The van der Waals surface area contributed by atoms with Gasteiger partial charge in [-0.1, -0.05) is 54.6 Å². The van der Waals surface area contributed by atoms with Crippen LogP contribution in [0.1, 0.15) is 16.7 Å². The average molecular weight is 237 g/mol. The zero-order valence-electron chi connectivity index (χ0n) is 10.6. The first-order valence-corrected chi connectivity index (χ1v) is 6.76. The van der Waals surface area contributed by atoms with E-state index in [0.29, 0.717) is 6.04 Å². The van der Waals surface area contributed by atoms with Gasteiger partial charge in [0.05, 0.1) is 0 Å². The Morgan fingerprint density at radius 1 is 0.833 bits per heavy atom. The second-order valence-corrected chi connectivity index (χ2v) is 5.06. The molecule has 0 fully saturated rings. The first-order chi connectivity index (χ1) is 8.92. The van der Waals surface area contributed by atoms with E-state index in [1.807, 2.05) is 0 Å². The highest BCUT2D eigenvalue weighted by molar-refractivity contribution is 5.33. The van der Waals surface area contributed by atoms with Crippen LogP contribution in [0.5, 0.6) is 0 Å². The second kappa shape index (κ2) is 5.36. The van der Waals surface area contributed by atoms with E-state index >= 15 is 0 Å². The Bertz CT molecular complexity index is 479.